The van der Waals surface area contributed by atoms with Crippen molar-refractivity contribution in [1.29, 1.82) is 0 Å². The van der Waals surface area contributed by atoms with Crippen LogP contribution in [0.2, 0.25) is 0 Å². The fourth-order valence-electron chi connectivity index (χ4n) is 3.80. The topological polar surface area (TPSA) is 80.5 Å². The Labute approximate surface area is 157 Å². The molecule has 1 aromatic carbocycles. The smallest absolute Gasteiger partial charge is 0.237 e. The predicted octanol–water partition coefficient (Wildman–Crippen LogP) is 2.14. The maximum absolute atomic E-state index is 12.5. The van der Waals surface area contributed by atoms with Gasteiger partial charge in [-0.1, -0.05) is 23.5 Å². The van der Waals surface area contributed by atoms with Crippen molar-refractivity contribution >= 4 is 32.6 Å². The van der Waals surface area contributed by atoms with Gasteiger partial charge in [0.25, 0.3) is 0 Å². The summed E-state index contributed by atoms with van der Waals surface area (Å²) in [5.41, 5.74) is 7.24. The molecule has 7 heteroatoms. The van der Waals surface area contributed by atoms with E-state index in [2.05, 4.69) is 22.3 Å². The highest BCUT2D eigenvalue weighted by Gasteiger charge is 2.29. The first-order valence-corrected chi connectivity index (χ1v) is 10.3. The number of aromatic nitrogens is 1. The van der Waals surface area contributed by atoms with E-state index < -0.39 is 6.04 Å². The average molecular weight is 375 g/mol. The molecule has 0 bridgehead atoms. The summed E-state index contributed by atoms with van der Waals surface area (Å²) in [5.74, 6) is 0.238. The minimum atomic E-state index is -0.416. The highest BCUT2D eigenvalue weighted by Crippen LogP contribution is 2.30. The minimum Gasteiger partial charge on any atom is -0.381 e. The molecule has 0 saturated carbocycles. The lowest BCUT2D eigenvalue weighted by molar-refractivity contribution is -0.125. The molecule has 0 radical (unpaired) electrons. The Kier molecular flexibility index (Phi) is 5.38. The van der Waals surface area contributed by atoms with Gasteiger partial charge in [0.15, 0.2) is 5.13 Å². The second kappa shape index (κ2) is 7.90. The second-order valence-electron chi connectivity index (χ2n) is 7.21. The molecule has 4 rings (SSSR count). The van der Waals surface area contributed by atoms with E-state index in [-0.39, 0.29) is 17.9 Å². The molecule has 6 nitrogen and oxygen atoms in total. The Morgan fingerprint density at radius 3 is 2.69 bits per heavy atom. The predicted molar refractivity (Wildman–Crippen MR) is 105 cm³/mol. The SMILES string of the molecule is NC(C(=O)NC1CCN(c2nc3ccccc3s2)CC1)C1CCOCC1. The number of rotatable bonds is 4. The molecule has 2 aliphatic rings. The summed E-state index contributed by atoms with van der Waals surface area (Å²) in [4.78, 5) is 19.5. The van der Waals surface area contributed by atoms with Gasteiger partial charge in [-0.15, -0.1) is 0 Å². The van der Waals surface area contributed by atoms with Crippen molar-refractivity contribution in [2.45, 2.75) is 37.8 Å². The number of ether oxygens (including phenoxy) is 1. The average Bonchev–Trinajstić information content (AvgIpc) is 3.13. The lowest BCUT2D eigenvalue weighted by Gasteiger charge is -2.33. The normalized spacial score (nSPS) is 21.0. The lowest BCUT2D eigenvalue weighted by Crippen LogP contribution is -2.52. The molecule has 0 aliphatic carbocycles. The summed E-state index contributed by atoms with van der Waals surface area (Å²) in [7, 11) is 0. The Morgan fingerprint density at radius 2 is 1.96 bits per heavy atom. The second-order valence-corrected chi connectivity index (χ2v) is 8.22. The van der Waals surface area contributed by atoms with Crippen molar-refractivity contribution in [3.63, 3.8) is 0 Å². The molecule has 1 amide bonds. The molecular formula is C19H26N4O2S. The minimum absolute atomic E-state index is 0.00432. The molecule has 1 aromatic heterocycles. The van der Waals surface area contributed by atoms with Crippen molar-refractivity contribution in [2.75, 3.05) is 31.2 Å². The quantitative estimate of drug-likeness (QED) is 0.857. The molecule has 2 saturated heterocycles. The van der Waals surface area contributed by atoms with Gasteiger partial charge >= 0.3 is 0 Å². The lowest BCUT2D eigenvalue weighted by atomic mass is 9.91. The van der Waals surface area contributed by atoms with Crippen molar-refractivity contribution in [1.82, 2.24) is 10.3 Å². The molecule has 3 heterocycles. The Bertz CT molecular complexity index is 718. The molecule has 1 atom stereocenters. The van der Waals surface area contributed by atoms with Crippen LogP contribution in [0, 0.1) is 5.92 Å². The van der Waals surface area contributed by atoms with Gasteiger partial charge in [0, 0.05) is 32.3 Å². The van der Waals surface area contributed by atoms with E-state index in [1.54, 1.807) is 11.3 Å². The van der Waals surface area contributed by atoms with Gasteiger partial charge in [-0.05, 0) is 43.7 Å². The first-order chi connectivity index (χ1) is 12.7. The fourth-order valence-corrected chi connectivity index (χ4v) is 4.81. The Morgan fingerprint density at radius 1 is 1.23 bits per heavy atom. The summed E-state index contributed by atoms with van der Waals surface area (Å²) in [5, 5.41) is 4.24. The highest BCUT2D eigenvalue weighted by molar-refractivity contribution is 7.22. The van der Waals surface area contributed by atoms with Crippen LogP contribution in [-0.2, 0) is 9.53 Å². The number of carbonyl (C=O) groups is 1. The molecular weight excluding hydrogens is 348 g/mol. The maximum atomic E-state index is 12.5. The monoisotopic (exact) mass is 374 g/mol. The Balaban J connectivity index is 1.29. The number of benzene rings is 1. The van der Waals surface area contributed by atoms with Crippen molar-refractivity contribution < 1.29 is 9.53 Å². The van der Waals surface area contributed by atoms with Gasteiger partial charge in [-0.3, -0.25) is 4.79 Å². The number of amides is 1. The van der Waals surface area contributed by atoms with Gasteiger partial charge in [-0.2, -0.15) is 0 Å². The summed E-state index contributed by atoms with van der Waals surface area (Å²) in [6, 6.07) is 8.03. The van der Waals surface area contributed by atoms with Crippen molar-refractivity contribution in [2.24, 2.45) is 11.7 Å². The number of nitrogens with one attached hydrogen (secondary N) is 1. The molecule has 1 unspecified atom stereocenters. The fraction of sp³-hybridized carbons (Fsp3) is 0.579. The van der Waals surface area contributed by atoms with E-state index in [9.17, 15) is 4.79 Å². The third-order valence-electron chi connectivity index (χ3n) is 5.47. The molecule has 2 aliphatic heterocycles. The third kappa shape index (κ3) is 3.84. The number of nitrogens with two attached hydrogens (primary N) is 1. The van der Waals surface area contributed by atoms with Crippen molar-refractivity contribution in [3.05, 3.63) is 24.3 Å². The number of anilines is 1. The number of carbonyl (C=O) groups excluding carboxylic acids is 1. The highest BCUT2D eigenvalue weighted by atomic mass is 32.1. The van der Waals surface area contributed by atoms with Crippen LogP contribution in [0.5, 0.6) is 0 Å². The molecule has 2 fully saturated rings. The summed E-state index contributed by atoms with van der Waals surface area (Å²) < 4.78 is 6.58. The first kappa shape index (κ1) is 17.7. The molecule has 26 heavy (non-hydrogen) atoms. The number of hydrogen-bond acceptors (Lipinski definition) is 6. The van der Waals surface area contributed by atoms with E-state index in [1.807, 2.05) is 12.1 Å². The largest absolute Gasteiger partial charge is 0.381 e. The number of nitrogens with zero attached hydrogens (tertiary/aromatic N) is 2. The number of para-hydroxylation sites is 1. The number of hydrogen-bond donors (Lipinski definition) is 2. The van der Waals surface area contributed by atoms with Crippen LogP contribution in [0.4, 0.5) is 5.13 Å². The molecule has 2 aromatic rings. The van der Waals surface area contributed by atoms with Gasteiger partial charge < -0.3 is 20.7 Å². The number of thiazole rings is 1. The van der Waals surface area contributed by atoms with E-state index >= 15 is 0 Å². The Hall–Kier alpha value is -1.70. The summed E-state index contributed by atoms with van der Waals surface area (Å²) in [6.07, 6.45) is 3.62. The zero-order valence-corrected chi connectivity index (χ0v) is 15.7. The van der Waals surface area contributed by atoms with Crippen LogP contribution in [0.3, 0.4) is 0 Å². The zero-order valence-electron chi connectivity index (χ0n) is 14.9. The number of piperidine rings is 1. The van der Waals surface area contributed by atoms with Crippen LogP contribution < -0.4 is 16.0 Å². The van der Waals surface area contributed by atoms with Gasteiger partial charge in [0.2, 0.25) is 5.91 Å². The maximum Gasteiger partial charge on any atom is 0.237 e. The number of fused-ring (bicyclic) bond motifs is 1. The zero-order chi connectivity index (χ0) is 17.9. The van der Waals surface area contributed by atoms with Crippen LogP contribution in [-0.4, -0.2) is 49.3 Å². The first-order valence-electron chi connectivity index (χ1n) is 9.45. The van der Waals surface area contributed by atoms with E-state index in [1.165, 1.54) is 4.70 Å². The van der Waals surface area contributed by atoms with Gasteiger partial charge in [-0.25, -0.2) is 4.98 Å². The molecule has 0 spiro atoms. The van der Waals surface area contributed by atoms with Gasteiger partial charge in [0.05, 0.1) is 16.3 Å². The van der Waals surface area contributed by atoms with E-state index in [0.29, 0.717) is 13.2 Å². The summed E-state index contributed by atoms with van der Waals surface area (Å²) in [6.45, 7) is 3.26. The van der Waals surface area contributed by atoms with E-state index in [0.717, 1.165) is 49.4 Å². The standard InChI is InChI=1S/C19H26N4O2S/c20-17(13-7-11-25-12-8-13)18(24)21-14-5-9-23(10-6-14)19-22-15-3-1-2-4-16(15)26-19/h1-4,13-14,17H,5-12,20H2,(H,21,24). The van der Waals surface area contributed by atoms with E-state index in [4.69, 9.17) is 15.5 Å². The summed E-state index contributed by atoms with van der Waals surface area (Å²) >= 11 is 1.74. The molecule has 140 valence electrons. The third-order valence-corrected chi connectivity index (χ3v) is 6.57. The van der Waals surface area contributed by atoms with Crippen LogP contribution in [0.15, 0.2) is 24.3 Å². The van der Waals surface area contributed by atoms with Crippen LogP contribution in [0.25, 0.3) is 10.2 Å². The molecule has 3 N–H and O–H groups in total. The van der Waals surface area contributed by atoms with Gasteiger partial charge in [0.1, 0.15) is 0 Å². The van der Waals surface area contributed by atoms with Crippen molar-refractivity contribution in [3.8, 4) is 0 Å². The van der Waals surface area contributed by atoms with Crippen LogP contribution >= 0.6 is 11.3 Å². The van der Waals surface area contributed by atoms with Crippen LogP contribution in [0.1, 0.15) is 25.7 Å².